The SMILES string of the molecule is Cc1noc(C)c1C1=CN(N)C2=CCN(Cc3ccccc3)C2=C1. The lowest BCUT2D eigenvalue weighted by molar-refractivity contribution is 0.377. The van der Waals surface area contributed by atoms with E-state index in [4.69, 9.17) is 10.4 Å². The maximum Gasteiger partial charge on any atom is 0.141 e. The van der Waals surface area contributed by atoms with E-state index in [1.807, 2.05) is 26.1 Å². The second kappa shape index (κ2) is 5.69. The largest absolute Gasteiger partial charge is 0.362 e. The first-order valence-electron chi connectivity index (χ1n) is 8.03. The summed E-state index contributed by atoms with van der Waals surface area (Å²) in [5, 5.41) is 5.75. The van der Waals surface area contributed by atoms with Crippen LogP contribution < -0.4 is 5.84 Å². The number of hydrogen-bond acceptors (Lipinski definition) is 5. The van der Waals surface area contributed by atoms with Crippen molar-refractivity contribution in [2.24, 2.45) is 5.84 Å². The molecule has 1 aromatic carbocycles. The molecular weight excluding hydrogens is 300 g/mol. The Hall–Kier alpha value is -2.79. The summed E-state index contributed by atoms with van der Waals surface area (Å²) >= 11 is 0. The molecule has 2 aliphatic rings. The fourth-order valence-electron chi connectivity index (χ4n) is 3.35. The van der Waals surface area contributed by atoms with Crippen molar-refractivity contribution in [1.82, 2.24) is 15.1 Å². The maximum absolute atomic E-state index is 6.24. The third kappa shape index (κ3) is 2.43. The topological polar surface area (TPSA) is 58.5 Å². The van der Waals surface area contributed by atoms with Gasteiger partial charge in [0.15, 0.2) is 0 Å². The maximum atomic E-state index is 6.24. The monoisotopic (exact) mass is 320 g/mol. The van der Waals surface area contributed by atoms with Crippen LogP contribution >= 0.6 is 0 Å². The van der Waals surface area contributed by atoms with Gasteiger partial charge in [-0.2, -0.15) is 0 Å². The molecule has 2 aromatic rings. The average Bonchev–Trinajstić information content (AvgIpc) is 3.12. The van der Waals surface area contributed by atoms with E-state index in [0.717, 1.165) is 47.1 Å². The Kier molecular flexibility index (Phi) is 3.50. The number of benzene rings is 1. The van der Waals surface area contributed by atoms with Crippen molar-refractivity contribution in [2.45, 2.75) is 20.4 Å². The zero-order valence-electron chi connectivity index (χ0n) is 13.9. The summed E-state index contributed by atoms with van der Waals surface area (Å²) in [7, 11) is 0. The van der Waals surface area contributed by atoms with Crippen LogP contribution in [0.25, 0.3) is 5.57 Å². The highest BCUT2D eigenvalue weighted by molar-refractivity contribution is 5.79. The summed E-state index contributed by atoms with van der Waals surface area (Å²) in [6.45, 7) is 5.59. The molecule has 0 saturated carbocycles. The number of nitrogens with two attached hydrogens (primary N) is 1. The second-order valence-electron chi connectivity index (χ2n) is 6.18. The van der Waals surface area contributed by atoms with E-state index >= 15 is 0 Å². The summed E-state index contributed by atoms with van der Waals surface area (Å²) < 4.78 is 5.31. The van der Waals surface area contributed by atoms with Gasteiger partial charge < -0.3 is 9.42 Å². The van der Waals surface area contributed by atoms with E-state index in [9.17, 15) is 0 Å². The van der Waals surface area contributed by atoms with Crippen LogP contribution in [-0.2, 0) is 6.54 Å². The van der Waals surface area contributed by atoms with Crippen molar-refractivity contribution in [1.29, 1.82) is 0 Å². The molecule has 0 fully saturated rings. The van der Waals surface area contributed by atoms with E-state index < -0.39 is 0 Å². The van der Waals surface area contributed by atoms with Crippen LogP contribution in [0.1, 0.15) is 22.6 Å². The molecule has 1 aromatic heterocycles. The minimum Gasteiger partial charge on any atom is -0.362 e. The van der Waals surface area contributed by atoms with Gasteiger partial charge in [-0.1, -0.05) is 35.5 Å². The van der Waals surface area contributed by atoms with Crippen LogP contribution in [0.5, 0.6) is 0 Å². The minimum absolute atomic E-state index is 0.809. The molecule has 0 bridgehead atoms. The third-order valence-electron chi connectivity index (χ3n) is 4.50. The lowest BCUT2D eigenvalue weighted by Gasteiger charge is -2.28. The normalized spacial score (nSPS) is 16.7. The highest BCUT2D eigenvalue weighted by atomic mass is 16.5. The number of aryl methyl sites for hydroxylation is 2. The first-order chi connectivity index (χ1) is 11.6. The predicted octanol–water partition coefficient (Wildman–Crippen LogP) is 3.11. The molecule has 0 saturated heterocycles. The summed E-state index contributed by atoms with van der Waals surface area (Å²) in [5.74, 6) is 7.05. The van der Waals surface area contributed by atoms with Crippen LogP contribution in [0.3, 0.4) is 0 Å². The molecule has 2 N–H and O–H groups in total. The van der Waals surface area contributed by atoms with E-state index in [-0.39, 0.29) is 0 Å². The van der Waals surface area contributed by atoms with Crippen molar-refractivity contribution >= 4 is 5.57 Å². The molecule has 0 amide bonds. The Labute approximate surface area is 141 Å². The fraction of sp³-hybridized carbons (Fsp3) is 0.211. The highest BCUT2D eigenvalue weighted by Gasteiger charge is 2.28. The van der Waals surface area contributed by atoms with Gasteiger partial charge in [-0.25, -0.2) is 5.84 Å². The minimum atomic E-state index is 0.809. The Morgan fingerprint density at radius 1 is 1.17 bits per heavy atom. The lowest BCUT2D eigenvalue weighted by Crippen LogP contribution is -2.30. The zero-order valence-corrected chi connectivity index (χ0v) is 13.9. The number of aromatic nitrogens is 1. The third-order valence-corrected chi connectivity index (χ3v) is 4.50. The molecule has 0 radical (unpaired) electrons. The Morgan fingerprint density at radius 3 is 2.67 bits per heavy atom. The molecule has 0 spiro atoms. The Morgan fingerprint density at radius 2 is 1.96 bits per heavy atom. The quantitative estimate of drug-likeness (QED) is 0.881. The Bertz CT molecular complexity index is 841. The molecule has 5 nitrogen and oxygen atoms in total. The van der Waals surface area contributed by atoms with Gasteiger partial charge in [0.1, 0.15) is 5.76 Å². The van der Waals surface area contributed by atoms with Gasteiger partial charge in [0.25, 0.3) is 0 Å². The second-order valence-corrected chi connectivity index (χ2v) is 6.18. The molecule has 2 aliphatic heterocycles. The van der Waals surface area contributed by atoms with E-state index in [2.05, 4.69) is 46.5 Å². The van der Waals surface area contributed by atoms with Crippen molar-refractivity contribution in [3.05, 3.63) is 82.7 Å². The number of fused-ring (bicyclic) bond motifs is 1. The standard InChI is InChI=1S/C19H20N4O/c1-13-19(14(2)24-21-13)16-10-18-17(23(20)12-16)8-9-22(18)11-15-6-4-3-5-7-15/h3-8,10,12H,9,11,20H2,1-2H3. The van der Waals surface area contributed by atoms with Gasteiger partial charge in [-0.05, 0) is 31.6 Å². The van der Waals surface area contributed by atoms with Gasteiger partial charge in [-0.15, -0.1) is 0 Å². The Balaban J connectivity index is 1.68. The summed E-state index contributed by atoms with van der Waals surface area (Å²) in [4.78, 5) is 2.33. The molecule has 122 valence electrons. The first kappa shape index (κ1) is 14.8. The van der Waals surface area contributed by atoms with Gasteiger partial charge in [-0.3, -0.25) is 5.01 Å². The molecule has 24 heavy (non-hydrogen) atoms. The highest BCUT2D eigenvalue weighted by Crippen LogP contribution is 2.35. The molecule has 3 heterocycles. The van der Waals surface area contributed by atoms with E-state index in [1.165, 1.54) is 5.56 Å². The number of allylic oxidation sites excluding steroid dienone is 2. The van der Waals surface area contributed by atoms with E-state index in [1.54, 1.807) is 5.01 Å². The van der Waals surface area contributed by atoms with Crippen LogP contribution in [0.2, 0.25) is 0 Å². The van der Waals surface area contributed by atoms with Gasteiger partial charge >= 0.3 is 0 Å². The summed E-state index contributed by atoms with van der Waals surface area (Å²) in [5.41, 5.74) is 6.39. The molecule has 4 rings (SSSR count). The first-order valence-corrected chi connectivity index (χ1v) is 8.03. The van der Waals surface area contributed by atoms with Crippen molar-refractivity contribution < 1.29 is 4.52 Å². The average molecular weight is 320 g/mol. The van der Waals surface area contributed by atoms with Gasteiger partial charge in [0.05, 0.1) is 17.1 Å². The molecule has 0 aliphatic carbocycles. The molecular formula is C19H20N4O. The summed E-state index contributed by atoms with van der Waals surface area (Å²) in [6, 6.07) is 10.5. The van der Waals surface area contributed by atoms with Crippen LogP contribution in [0.15, 0.2) is 64.6 Å². The summed E-state index contributed by atoms with van der Waals surface area (Å²) in [6.07, 6.45) is 6.28. The zero-order chi connectivity index (χ0) is 16.7. The molecule has 5 heteroatoms. The molecule has 0 unspecified atom stereocenters. The van der Waals surface area contributed by atoms with Crippen molar-refractivity contribution in [2.75, 3.05) is 6.54 Å². The molecule has 0 atom stereocenters. The van der Waals surface area contributed by atoms with Crippen LogP contribution in [0, 0.1) is 13.8 Å². The predicted molar refractivity (Wildman–Crippen MR) is 93.0 cm³/mol. The van der Waals surface area contributed by atoms with E-state index in [0.29, 0.717) is 0 Å². The van der Waals surface area contributed by atoms with Crippen LogP contribution in [0.4, 0.5) is 0 Å². The van der Waals surface area contributed by atoms with Crippen molar-refractivity contribution in [3.63, 3.8) is 0 Å². The fourth-order valence-corrected chi connectivity index (χ4v) is 3.35. The van der Waals surface area contributed by atoms with Crippen molar-refractivity contribution in [3.8, 4) is 0 Å². The number of hydrazine groups is 1. The smallest absolute Gasteiger partial charge is 0.141 e. The number of rotatable bonds is 3. The number of hydrogen-bond donors (Lipinski definition) is 1. The lowest BCUT2D eigenvalue weighted by atomic mass is 10.0. The van der Waals surface area contributed by atoms with Gasteiger partial charge in [0, 0.05) is 30.4 Å². The van der Waals surface area contributed by atoms with Crippen LogP contribution in [-0.4, -0.2) is 21.6 Å². The van der Waals surface area contributed by atoms with Gasteiger partial charge in [0.2, 0.25) is 0 Å². The number of nitrogens with zero attached hydrogens (tertiary/aromatic N) is 3.